The molecule has 112 valence electrons. The first-order valence-electron chi connectivity index (χ1n) is 7.47. The van der Waals surface area contributed by atoms with E-state index < -0.39 is 0 Å². The maximum absolute atomic E-state index is 11.8. The summed E-state index contributed by atoms with van der Waals surface area (Å²) in [6.07, 6.45) is 2.36. The lowest BCUT2D eigenvalue weighted by Gasteiger charge is -2.21. The number of rotatable bonds is 5. The summed E-state index contributed by atoms with van der Waals surface area (Å²) >= 11 is 0. The fourth-order valence-corrected chi connectivity index (χ4v) is 2.79. The first-order valence-corrected chi connectivity index (χ1v) is 7.47. The van der Waals surface area contributed by atoms with Gasteiger partial charge in [-0.25, -0.2) is 4.79 Å². The predicted molar refractivity (Wildman–Crippen MR) is 82.5 cm³/mol. The van der Waals surface area contributed by atoms with Crippen LogP contribution in [0.1, 0.15) is 29.5 Å². The Morgan fingerprint density at radius 1 is 1.24 bits per heavy atom. The molecule has 4 nitrogen and oxygen atoms in total. The van der Waals surface area contributed by atoms with Gasteiger partial charge in [0.1, 0.15) is 5.58 Å². The molecule has 0 unspecified atom stereocenters. The Labute approximate surface area is 124 Å². The number of benzene rings is 1. The summed E-state index contributed by atoms with van der Waals surface area (Å²) in [7, 11) is 0. The van der Waals surface area contributed by atoms with Crippen LogP contribution in [0.4, 0.5) is 0 Å². The first-order chi connectivity index (χ1) is 10.1. The van der Waals surface area contributed by atoms with Crippen molar-refractivity contribution in [3.63, 3.8) is 0 Å². The van der Waals surface area contributed by atoms with Gasteiger partial charge in [0, 0.05) is 30.6 Å². The minimum Gasteiger partial charge on any atom is -0.423 e. The minimum atomic E-state index is -0.305. The SMILES string of the molecule is Cc1cc2oc(=O)cc(CN(CCO)C3CC3)c2cc1C. The third-order valence-corrected chi connectivity index (χ3v) is 4.27. The van der Waals surface area contributed by atoms with Crippen LogP contribution in [0.25, 0.3) is 11.0 Å². The summed E-state index contributed by atoms with van der Waals surface area (Å²) in [5.74, 6) is 0. The average Bonchev–Trinajstić information content (AvgIpc) is 3.25. The molecule has 1 aromatic heterocycles. The standard InChI is InChI=1S/C17H21NO3/c1-11-7-15-13(10-18(5-6-19)14-3-4-14)9-17(20)21-16(15)8-12(11)2/h7-9,14,19H,3-6,10H2,1-2H3. The van der Waals surface area contributed by atoms with Crippen molar-refractivity contribution in [3.8, 4) is 0 Å². The van der Waals surface area contributed by atoms with Crippen LogP contribution in [0.2, 0.25) is 0 Å². The first kappa shape index (κ1) is 14.3. The molecule has 0 saturated heterocycles. The summed E-state index contributed by atoms with van der Waals surface area (Å²) in [5.41, 5.74) is 3.65. The molecule has 21 heavy (non-hydrogen) atoms. The van der Waals surface area contributed by atoms with E-state index in [2.05, 4.69) is 17.9 Å². The van der Waals surface area contributed by atoms with Crippen LogP contribution in [-0.4, -0.2) is 29.2 Å². The Kier molecular flexibility index (Phi) is 3.83. The number of aliphatic hydroxyl groups is 1. The highest BCUT2D eigenvalue weighted by Crippen LogP contribution is 2.29. The van der Waals surface area contributed by atoms with Gasteiger partial charge in [-0.3, -0.25) is 4.90 Å². The molecule has 0 bridgehead atoms. The van der Waals surface area contributed by atoms with Gasteiger partial charge in [-0.15, -0.1) is 0 Å². The third-order valence-electron chi connectivity index (χ3n) is 4.27. The van der Waals surface area contributed by atoms with E-state index in [1.807, 2.05) is 13.0 Å². The molecule has 3 rings (SSSR count). The molecule has 0 aliphatic heterocycles. The van der Waals surface area contributed by atoms with Gasteiger partial charge in [-0.2, -0.15) is 0 Å². The molecule has 1 aliphatic rings. The second-order valence-corrected chi connectivity index (χ2v) is 5.95. The summed E-state index contributed by atoms with van der Waals surface area (Å²) < 4.78 is 5.33. The topological polar surface area (TPSA) is 53.7 Å². The van der Waals surface area contributed by atoms with Gasteiger partial charge >= 0.3 is 5.63 Å². The Morgan fingerprint density at radius 3 is 2.62 bits per heavy atom. The molecule has 0 spiro atoms. The normalized spacial score (nSPS) is 15.0. The van der Waals surface area contributed by atoms with Crippen LogP contribution >= 0.6 is 0 Å². The van der Waals surface area contributed by atoms with Gasteiger partial charge in [-0.1, -0.05) is 0 Å². The number of fused-ring (bicyclic) bond motifs is 1. The Balaban J connectivity index is 2.03. The van der Waals surface area contributed by atoms with E-state index in [1.54, 1.807) is 6.07 Å². The number of aliphatic hydroxyl groups excluding tert-OH is 1. The quantitative estimate of drug-likeness (QED) is 0.858. The molecule has 0 atom stereocenters. The Morgan fingerprint density at radius 2 is 1.95 bits per heavy atom. The number of hydrogen-bond acceptors (Lipinski definition) is 4. The second kappa shape index (κ2) is 5.62. The van der Waals surface area contributed by atoms with E-state index in [-0.39, 0.29) is 12.2 Å². The van der Waals surface area contributed by atoms with Crippen LogP contribution in [0.15, 0.2) is 27.4 Å². The number of aryl methyl sites for hydroxylation is 2. The number of hydrogen-bond donors (Lipinski definition) is 1. The highest BCUT2D eigenvalue weighted by molar-refractivity contribution is 5.81. The highest BCUT2D eigenvalue weighted by Gasteiger charge is 2.29. The molecule has 1 saturated carbocycles. The van der Waals surface area contributed by atoms with Crippen molar-refractivity contribution in [3.05, 3.63) is 45.3 Å². The molecule has 1 N–H and O–H groups in total. The van der Waals surface area contributed by atoms with Gasteiger partial charge in [0.25, 0.3) is 0 Å². The van der Waals surface area contributed by atoms with Crippen LogP contribution in [0.3, 0.4) is 0 Å². The van der Waals surface area contributed by atoms with Gasteiger partial charge in [0.05, 0.1) is 6.61 Å². The zero-order valence-corrected chi connectivity index (χ0v) is 12.6. The maximum atomic E-state index is 11.8. The van der Waals surface area contributed by atoms with Crippen molar-refractivity contribution < 1.29 is 9.52 Å². The third kappa shape index (κ3) is 3.01. The van der Waals surface area contributed by atoms with Crippen molar-refractivity contribution in [2.24, 2.45) is 0 Å². The molecular formula is C17H21NO3. The van der Waals surface area contributed by atoms with Crippen molar-refractivity contribution in [1.29, 1.82) is 0 Å². The summed E-state index contributed by atoms with van der Waals surface area (Å²) in [4.78, 5) is 14.0. The lowest BCUT2D eigenvalue weighted by atomic mass is 10.0. The molecule has 0 amide bonds. The molecule has 1 aromatic carbocycles. The van der Waals surface area contributed by atoms with E-state index in [4.69, 9.17) is 4.42 Å². The molecule has 4 heteroatoms. The number of nitrogens with zero attached hydrogens (tertiary/aromatic N) is 1. The van der Waals surface area contributed by atoms with E-state index in [1.165, 1.54) is 18.4 Å². The summed E-state index contributed by atoms with van der Waals surface area (Å²) in [5, 5.41) is 10.2. The summed E-state index contributed by atoms with van der Waals surface area (Å²) in [6.45, 7) is 5.57. The van der Waals surface area contributed by atoms with Crippen molar-refractivity contribution in [2.75, 3.05) is 13.2 Å². The monoisotopic (exact) mass is 287 g/mol. The van der Waals surface area contributed by atoms with Gasteiger partial charge < -0.3 is 9.52 Å². The van der Waals surface area contributed by atoms with E-state index in [9.17, 15) is 9.90 Å². The van der Waals surface area contributed by atoms with Gasteiger partial charge in [-0.05, 0) is 55.5 Å². The largest absolute Gasteiger partial charge is 0.423 e. The highest BCUT2D eigenvalue weighted by atomic mass is 16.4. The second-order valence-electron chi connectivity index (χ2n) is 5.95. The van der Waals surface area contributed by atoms with Crippen LogP contribution in [0.5, 0.6) is 0 Å². The predicted octanol–water partition coefficient (Wildman–Crippen LogP) is 2.37. The maximum Gasteiger partial charge on any atom is 0.336 e. The molecule has 0 radical (unpaired) electrons. The molecule has 1 heterocycles. The summed E-state index contributed by atoms with van der Waals surface area (Å²) in [6, 6.07) is 6.16. The van der Waals surface area contributed by atoms with E-state index >= 15 is 0 Å². The van der Waals surface area contributed by atoms with E-state index in [0.29, 0.717) is 24.7 Å². The average molecular weight is 287 g/mol. The Hall–Kier alpha value is -1.65. The fourth-order valence-electron chi connectivity index (χ4n) is 2.79. The molecule has 1 fully saturated rings. The van der Waals surface area contributed by atoms with Crippen molar-refractivity contribution in [1.82, 2.24) is 4.90 Å². The van der Waals surface area contributed by atoms with E-state index in [0.717, 1.165) is 16.5 Å². The lowest BCUT2D eigenvalue weighted by molar-refractivity contribution is 0.183. The van der Waals surface area contributed by atoms with Gasteiger partial charge in [0.15, 0.2) is 0 Å². The molecule has 2 aromatic rings. The molecule has 1 aliphatic carbocycles. The minimum absolute atomic E-state index is 0.147. The zero-order valence-electron chi connectivity index (χ0n) is 12.6. The lowest BCUT2D eigenvalue weighted by Crippen LogP contribution is -2.29. The van der Waals surface area contributed by atoms with Crippen molar-refractivity contribution in [2.45, 2.75) is 39.3 Å². The van der Waals surface area contributed by atoms with Crippen LogP contribution in [-0.2, 0) is 6.54 Å². The van der Waals surface area contributed by atoms with Crippen LogP contribution < -0.4 is 5.63 Å². The smallest absolute Gasteiger partial charge is 0.336 e. The van der Waals surface area contributed by atoms with Crippen molar-refractivity contribution >= 4 is 11.0 Å². The van der Waals surface area contributed by atoms with Gasteiger partial charge in [0.2, 0.25) is 0 Å². The molecular weight excluding hydrogens is 266 g/mol. The fraction of sp³-hybridized carbons (Fsp3) is 0.471. The Bertz CT molecular complexity index is 716. The zero-order chi connectivity index (χ0) is 15.0. The van der Waals surface area contributed by atoms with Crippen LogP contribution in [0, 0.1) is 13.8 Å².